The van der Waals surface area contributed by atoms with Crippen LogP contribution in [0.25, 0.3) is 10.9 Å². The first-order valence-corrected chi connectivity index (χ1v) is 7.22. The van der Waals surface area contributed by atoms with E-state index in [2.05, 4.69) is 15.3 Å². The van der Waals surface area contributed by atoms with Gasteiger partial charge >= 0.3 is 0 Å². The van der Waals surface area contributed by atoms with Crippen molar-refractivity contribution in [2.75, 3.05) is 26.6 Å². The Morgan fingerprint density at radius 2 is 1.67 bits per heavy atom. The molecule has 0 spiro atoms. The van der Waals surface area contributed by atoms with Crippen molar-refractivity contribution in [2.45, 2.75) is 0 Å². The lowest BCUT2D eigenvalue weighted by atomic mass is 10.2. The molecule has 0 aliphatic rings. The number of nitrogens with one attached hydrogen (secondary N) is 2. The molecule has 0 radical (unpaired) electrons. The first kappa shape index (κ1) is 15.7. The van der Waals surface area contributed by atoms with E-state index in [1.54, 1.807) is 30.3 Å². The summed E-state index contributed by atoms with van der Waals surface area (Å²) in [5.41, 5.74) is 1.04. The van der Waals surface area contributed by atoms with Crippen LogP contribution in [0.3, 0.4) is 0 Å². The van der Waals surface area contributed by atoms with Crippen LogP contribution >= 0.6 is 0 Å². The topological polar surface area (TPSA) is 85.5 Å². The summed E-state index contributed by atoms with van der Waals surface area (Å²) < 4.78 is 15.9. The number of aromatic nitrogens is 2. The highest BCUT2D eigenvalue weighted by atomic mass is 16.5. The lowest BCUT2D eigenvalue weighted by Crippen LogP contribution is -2.11. The molecule has 7 heteroatoms. The van der Waals surface area contributed by atoms with Gasteiger partial charge in [0.15, 0.2) is 11.5 Å². The predicted molar refractivity (Wildman–Crippen MR) is 91.7 cm³/mol. The molecular formula is C17H17N3O4. The van der Waals surface area contributed by atoms with E-state index in [0.717, 1.165) is 0 Å². The van der Waals surface area contributed by atoms with Gasteiger partial charge in [-0.15, -0.1) is 0 Å². The summed E-state index contributed by atoms with van der Waals surface area (Å²) in [6.07, 6.45) is 0. The van der Waals surface area contributed by atoms with Crippen molar-refractivity contribution in [2.24, 2.45) is 0 Å². The summed E-state index contributed by atoms with van der Waals surface area (Å²) in [7, 11) is 4.62. The maximum absolute atomic E-state index is 12.1. The third-order valence-electron chi connectivity index (χ3n) is 3.54. The van der Waals surface area contributed by atoms with E-state index in [1.807, 2.05) is 6.07 Å². The molecule has 124 valence electrons. The average Bonchev–Trinajstić information content (AvgIpc) is 2.60. The Morgan fingerprint density at radius 1 is 1.00 bits per heavy atom. The zero-order chi connectivity index (χ0) is 17.1. The van der Waals surface area contributed by atoms with Gasteiger partial charge in [-0.1, -0.05) is 12.1 Å². The van der Waals surface area contributed by atoms with Crippen LogP contribution in [0.15, 0.2) is 41.2 Å². The molecule has 0 unspecified atom stereocenters. The van der Waals surface area contributed by atoms with Crippen molar-refractivity contribution in [1.82, 2.24) is 9.97 Å². The normalized spacial score (nSPS) is 10.5. The Morgan fingerprint density at radius 3 is 2.29 bits per heavy atom. The molecular weight excluding hydrogens is 310 g/mol. The molecule has 0 aliphatic carbocycles. The quantitative estimate of drug-likeness (QED) is 0.749. The second-order valence-electron chi connectivity index (χ2n) is 4.97. The monoisotopic (exact) mass is 327 g/mol. The Bertz CT molecular complexity index is 912. The van der Waals surface area contributed by atoms with Crippen LogP contribution in [0.5, 0.6) is 17.2 Å². The molecule has 0 bridgehead atoms. The number of rotatable bonds is 5. The zero-order valence-electron chi connectivity index (χ0n) is 13.5. The van der Waals surface area contributed by atoms with E-state index in [0.29, 0.717) is 39.8 Å². The van der Waals surface area contributed by atoms with Crippen molar-refractivity contribution in [3.8, 4) is 17.2 Å². The first-order chi connectivity index (χ1) is 11.7. The number of methoxy groups -OCH3 is 3. The number of aromatic amines is 1. The minimum atomic E-state index is -0.212. The van der Waals surface area contributed by atoms with Gasteiger partial charge in [0.1, 0.15) is 0 Å². The fraction of sp³-hybridized carbons (Fsp3) is 0.176. The van der Waals surface area contributed by atoms with Crippen LogP contribution in [-0.4, -0.2) is 31.3 Å². The summed E-state index contributed by atoms with van der Waals surface area (Å²) in [5, 5.41) is 3.59. The van der Waals surface area contributed by atoms with Crippen LogP contribution in [0.4, 0.5) is 11.6 Å². The van der Waals surface area contributed by atoms with E-state index in [9.17, 15) is 4.79 Å². The highest BCUT2D eigenvalue weighted by molar-refractivity contribution is 5.79. The highest BCUT2D eigenvalue weighted by Gasteiger charge is 2.14. The summed E-state index contributed by atoms with van der Waals surface area (Å²) in [6.45, 7) is 0. The third-order valence-corrected chi connectivity index (χ3v) is 3.54. The average molecular weight is 327 g/mol. The standard InChI is InChI=1S/C17H17N3O4/c1-22-13-8-10(9-14(23-2)15(13)24-3)18-17-19-12-7-5-4-6-11(12)16(21)20-17/h4-9H,1-3H3,(H2,18,19,20,21). The second kappa shape index (κ2) is 6.49. The van der Waals surface area contributed by atoms with Crippen molar-refractivity contribution in [3.05, 3.63) is 46.8 Å². The molecule has 2 N–H and O–H groups in total. The number of hydrogen-bond donors (Lipinski definition) is 2. The minimum Gasteiger partial charge on any atom is -0.493 e. The Labute approximate surface area is 138 Å². The number of para-hydroxylation sites is 1. The summed E-state index contributed by atoms with van der Waals surface area (Å²) >= 11 is 0. The van der Waals surface area contributed by atoms with Gasteiger partial charge in [0.05, 0.1) is 32.2 Å². The van der Waals surface area contributed by atoms with Gasteiger partial charge in [-0.3, -0.25) is 9.78 Å². The molecule has 0 saturated carbocycles. The van der Waals surface area contributed by atoms with Crippen molar-refractivity contribution in [3.63, 3.8) is 0 Å². The Kier molecular flexibility index (Phi) is 4.24. The highest BCUT2D eigenvalue weighted by Crippen LogP contribution is 2.40. The molecule has 24 heavy (non-hydrogen) atoms. The summed E-state index contributed by atoms with van der Waals surface area (Å²) in [4.78, 5) is 19.2. The van der Waals surface area contributed by atoms with E-state index in [4.69, 9.17) is 14.2 Å². The van der Waals surface area contributed by atoms with Gasteiger partial charge in [-0.05, 0) is 12.1 Å². The molecule has 0 amide bonds. The van der Waals surface area contributed by atoms with Crippen molar-refractivity contribution < 1.29 is 14.2 Å². The Hall–Kier alpha value is -3.22. The number of fused-ring (bicyclic) bond motifs is 1. The number of nitrogens with zero attached hydrogens (tertiary/aromatic N) is 1. The number of benzene rings is 2. The smallest absolute Gasteiger partial charge is 0.260 e. The van der Waals surface area contributed by atoms with E-state index >= 15 is 0 Å². The van der Waals surface area contributed by atoms with E-state index < -0.39 is 0 Å². The maximum atomic E-state index is 12.1. The molecule has 7 nitrogen and oxygen atoms in total. The van der Waals surface area contributed by atoms with Gasteiger partial charge in [0.2, 0.25) is 11.7 Å². The lowest BCUT2D eigenvalue weighted by molar-refractivity contribution is 0.324. The molecule has 1 heterocycles. The van der Waals surface area contributed by atoms with E-state index in [-0.39, 0.29) is 5.56 Å². The first-order valence-electron chi connectivity index (χ1n) is 7.22. The van der Waals surface area contributed by atoms with Crippen molar-refractivity contribution in [1.29, 1.82) is 0 Å². The maximum Gasteiger partial charge on any atom is 0.260 e. The van der Waals surface area contributed by atoms with Crippen LogP contribution < -0.4 is 25.1 Å². The molecule has 2 aromatic carbocycles. The Balaban J connectivity index is 2.03. The van der Waals surface area contributed by atoms with Gasteiger partial charge in [-0.2, -0.15) is 0 Å². The lowest BCUT2D eigenvalue weighted by Gasteiger charge is -2.14. The molecule has 3 rings (SSSR count). The molecule has 0 aliphatic heterocycles. The molecule has 1 aromatic heterocycles. The number of anilines is 2. The van der Waals surface area contributed by atoms with Crippen molar-refractivity contribution >= 4 is 22.5 Å². The molecule has 0 saturated heterocycles. The minimum absolute atomic E-state index is 0.212. The van der Waals surface area contributed by atoms with Crippen LogP contribution in [0, 0.1) is 0 Å². The van der Waals surface area contributed by atoms with Gasteiger partial charge in [0.25, 0.3) is 5.56 Å². The van der Waals surface area contributed by atoms with Gasteiger partial charge in [-0.25, -0.2) is 4.98 Å². The fourth-order valence-corrected chi connectivity index (χ4v) is 2.44. The van der Waals surface area contributed by atoms with Gasteiger partial charge in [0, 0.05) is 17.8 Å². The SMILES string of the molecule is COc1cc(Nc2nc3ccccc3c(=O)[nH]2)cc(OC)c1OC. The third kappa shape index (κ3) is 2.83. The van der Waals surface area contributed by atoms with Gasteiger partial charge < -0.3 is 19.5 Å². The number of H-pyrrole nitrogens is 1. The van der Waals surface area contributed by atoms with Crippen LogP contribution in [0.1, 0.15) is 0 Å². The summed E-state index contributed by atoms with van der Waals surface area (Å²) in [6, 6.07) is 10.6. The molecule has 3 aromatic rings. The predicted octanol–water partition coefficient (Wildman–Crippen LogP) is 2.69. The second-order valence-corrected chi connectivity index (χ2v) is 4.97. The zero-order valence-corrected chi connectivity index (χ0v) is 13.5. The largest absolute Gasteiger partial charge is 0.493 e. The fourth-order valence-electron chi connectivity index (χ4n) is 2.44. The molecule has 0 atom stereocenters. The molecule has 0 fully saturated rings. The summed E-state index contributed by atoms with van der Waals surface area (Å²) in [5.74, 6) is 1.82. The van der Waals surface area contributed by atoms with E-state index in [1.165, 1.54) is 21.3 Å². The van der Waals surface area contributed by atoms with Crippen LogP contribution in [0.2, 0.25) is 0 Å². The number of ether oxygens (including phenoxy) is 3. The van der Waals surface area contributed by atoms with Crippen LogP contribution in [-0.2, 0) is 0 Å². The number of hydrogen-bond acceptors (Lipinski definition) is 6.